The Morgan fingerprint density at radius 2 is 1.85 bits per heavy atom. The minimum absolute atomic E-state index is 0.204. The average Bonchev–Trinajstić information content (AvgIpc) is 2.19. The zero-order valence-electron chi connectivity index (χ0n) is 9.28. The van der Waals surface area contributed by atoms with Crippen LogP contribution in [-0.4, -0.2) is 32.8 Å². The molecule has 0 heterocycles. The zero-order chi connectivity index (χ0) is 10.3. The van der Waals surface area contributed by atoms with Crippen LogP contribution in [0.3, 0.4) is 0 Å². The van der Waals surface area contributed by atoms with E-state index in [1.165, 1.54) is 0 Å². The third kappa shape index (κ3) is 2.79. The molecule has 0 radical (unpaired) electrons. The molecule has 78 valence electrons. The summed E-state index contributed by atoms with van der Waals surface area (Å²) in [5, 5.41) is 9.82. The van der Waals surface area contributed by atoms with Crippen LogP contribution in [0.1, 0.15) is 19.8 Å². The molecule has 0 amide bonds. The van der Waals surface area contributed by atoms with E-state index in [-0.39, 0.29) is 5.66 Å². The maximum atomic E-state index is 3.86. The minimum atomic E-state index is -0.204. The zero-order valence-corrected chi connectivity index (χ0v) is 9.28. The van der Waals surface area contributed by atoms with Crippen molar-refractivity contribution in [2.24, 2.45) is 0 Å². The molecule has 0 aliphatic rings. The van der Waals surface area contributed by atoms with Gasteiger partial charge in [0, 0.05) is 6.04 Å². The van der Waals surface area contributed by atoms with Crippen LogP contribution in [0.25, 0.3) is 0 Å². The molecule has 3 N–H and O–H groups in total. The van der Waals surface area contributed by atoms with E-state index in [0.29, 0.717) is 6.04 Å². The van der Waals surface area contributed by atoms with Crippen LogP contribution in [0.15, 0.2) is 12.7 Å². The van der Waals surface area contributed by atoms with Crippen molar-refractivity contribution in [3.05, 3.63) is 12.7 Å². The molecular formula is C10H23N3. The van der Waals surface area contributed by atoms with Crippen molar-refractivity contribution in [1.29, 1.82) is 0 Å². The predicted molar refractivity (Wildman–Crippen MR) is 58.8 cm³/mol. The molecule has 0 aromatic rings. The number of hydrogen-bond acceptors (Lipinski definition) is 3. The van der Waals surface area contributed by atoms with Crippen LogP contribution in [0.4, 0.5) is 0 Å². The van der Waals surface area contributed by atoms with Crippen molar-refractivity contribution in [1.82, 2.24) is 16.0 Å². The van der Waals surface area contributed by atoms with Gasteiger partial charge >= 0.3 is 0 Å². The number of likely N-dealkylation sites (N-methyl/N-ethyl adjacent to an activating group) is 3. The molecule has 13 heavy (non-hydrogen) atoms. The Bertz CT molecular complexity index is 141. The summed E-state index contributed by atoms with van der Waals surface area (Å²) in [5.41, 5.74) is -0.204. The van der Waals surface area contributed by atoms with Crippen LogP contribution >= 0.6 is 0 Å². The molecule has 0 aliphatic heterocycles. The highest BCUT2D eigenvalue weighted by Gasteiger charge is 2.30. The van der Waals surface area contributed by atoms with Gasteiger partial charge in [-0.1, -0.05) is 26.0 Å². The third-order valence-corrected chi connectivity index (χ3v) is 2.62. The summed E-state index contributed by atoms with van der Waals surface area (Å²) in [6, 6.07) is 0.366. The fourth-order valence-electron chi connectivity index (χ4n) is 1.71. The summed E-state index contributed by atoms with van der Waals surface area (Å²) in [4.78, 5) is 0. The van der Waals surface area contributed by atoms with E-state index in [9.17, 15) is 0 Å². The summed E-state index contributed by atoms with van der Waals surface area (Å²) in [6.07, 6.45) is 4.19. The van der Waals surface area contributed by atoms with Gasteiger partial charge in [-0.15, -0.1) is 0 Å². The second-order valence-electron chi connectivity index (χ2n) is 3.20. The lowest BCUT2D eigenvalue weighted by molar-refractivity contribution is 0.262. The number of hydrogen-bond donors (Lipinski definition) is 3. The molecule has 0 bridgehead atoms. The Morgan fingerprint density at radius 3 is 2.08 bits per heavy atom. The summed E-state index contributed by atoms with van der Waals surface area (Å²) < 4.78 is 0. The standard InChI is InChI=1S/C10H23N3/c1-6-8-9(11-3)10(7-2,12-4)13-5/h7,9,11-13H,2,6,8H2,1,3-5H3. The van der Waals surface area contributed by atoms with Gasteiger partial charge in [-0.05, 0) is 27.6 Å². The molecule has 1 unspecified atom stereocenters. The van der Waals surface area contributed by atoms with Crippen molar-refractivity contribution >= 4 is 0 Å². The van der Waals surface area contributed by atoms with Crippen LogP contribution in [-0.2, 0) is 0 Å². The maximum Gasteiger partial charge on any atom is 0.103 e. The Kier molecular flexibility index (Phi) is 5.95. The van der Waals surface area contributed by atoms with Crippen LogP contribution in [0.5, 0.6) is 0 Å². The van der Waals surface area contributed by atoms with Crippen molar-refractivity contribution in [3.63, 3.8) is 0 Å². The molecule has 0 saturated carbocycles. The summed E-state index contributed by atoms with van der Waals surface area (Å²) in [5.74, 6) is 0. The van der Waals surface area contributed by atoms with E-state index < -0.39 is 0 Å². The summed E-state index contributed by atoms with van der Waals surface area (Å²) >= 11 is 0. The van der Waals surface area contributed by atoms with Crippen LogP contribution in [0.2, 0.25) is 0 Å². The Balaban J connectivity index is 4.54. The van der Waals surface area contributed by atoms with Crippen molar-refractivity contribution in [2.75, 3.05) is 21.1 Å². The first kappa shape index (κ1) is 12.6. The SMILES string of the molecule is C=CC(NC)(NC)C(CCC)NC. The average molecular weight is 185 g/mol. The van der Waals surface area contributed by atoms with Crippen molar-refractivity contribution in [3.8, 4) is 0 Å². The van der Waals surface area contributed by atoms with E-state index in [1.54, 1.807) is 0 Å². The van der Waals surface area contributed by atoms with Gasteiger partial charge in [-0.2, -0.15) is 0 Å². The molecular weight excluding hydrogens is 162 g/mol. The molecule has 3 nitrogen and oxygen atoms in total. The highest BCUT2D eigenvalue weighted by Crippen LogP contribution is 2.12. The molecule has 0 rings (SSSR count). The molecule has 0 spiro atoms. The van der Waals surface area contributed by atoms with Gasteiger partial charge in [-0.3, -0.25) is 10.6 Å². The van der Waals surface area contributed by atoms with Gasteiger partial charge in [-0.25, -0.2) is 0 Å². The Labute approximate surface area is 82.0 Å². The van der Waals surface area contributed by atoms with Gasteiger partial charge in [0.15, 0.2) is 0 Å². The van der Waals surface area contributed by atoms with Gasteiger partial charge in [0.1, 0.15) is 5.66 Å². The minimum Gasteiger partial charge on any atom is -0.314 e. The Hall–Kier alpha value is -0.380. The van der Waals surface area contributed by atoms with E-state index >= 15 is 0 Å². The quantitative estimate of drug-likeness (QED) is 0.403. The van der Waals surface area contributed by atoms with Gasteiger partial charge in [0.2, 0.25) is 0 Å². The monoisotopic (exact) mass is 185 g/mol. The molecule has 0 aliphatic carbocycles. The lowest BCUT2D eigenvalue weighted by Crippen LogP contribution is -2.64. The van der Waals surface area contributed by atoms with Gasteiger partial charge in [0.05, 0.1) is 0 Å². The fraction of sp³-hybridized carbons (Fsp3) is 0.800. The molecule has 0 saturated heterocycles. The molecule has 3 heteroatoms. The summed E-state index contributed by atoms with van der Waals surface area (Å²) in [7, 11) is 5.86. The van der Waals surface area contributed by atoms with Gasteiger partial charge < -0.3 is 5.32 Å². The molecule has 0 aromatic heterocycles. The van der Waals surface area contributed by atoms with Crippen molar-refractivity contribution in [2.45, 2.75) is 31.5 Å². The molecule has 1 atom stereocenters. The molecule has 0 fully saturated rings. The number of rotatable bonds is 7. The second-order valence-corrected chi connectivity index (χ2v) is 3.20. The summed E-state index contributed by atoms with van der Waals surface area (Å²) in [6.45, 7) is 6.04. The largest absolute Gasteiger partial charge is 0.314 e. The first-order valence-electron chi connectivity index (χ1n) is 4.89. The second kappa shape index (κ2) is 6.13. The van der Waals surface area contributed by atoms with E-state index in [2.05, 4.69) is 29.5 Å². The highest BCUT2D eigenvalue weighted by atomic mass is 15.2. The highest BCUT2D eigenvalue weighted by molar-refractivity contribution is 5.06. The van der Waals surface area contributed by atoms with Gasteiger partial charge in [0.25, 0.3) is 0 Å². The van der Waals surface area contributed by atoms with E-state index in [0.717, 1.165) is 12.8 Å². The third-order valence-electron chi connectivity index (χ3n) is 2.62. The fourth-order valence-corrected chi connectivity index (χ4v) is 1.71. The van der Waals surface area contributed by atoms with E-state index in [1.807, 2.05) is 27.2 Å². The number of nitrogens with one attached hydrogen (secondary N) is 3. The lowest BCUT2D eigenvalue weighted by atomic mass is 9.96. The lowest BCUT2D eigenvalue weighted by Gasteiger charge is -2.38. The first-order chi connectivity index (χ1) is 6.20. The smallest absolute Gasteiger partial charge is 0.103 e. The van der Waals surface area contributed by atoms with Crippen LogP contribution < -0.4 is 16.0 Å². The normalized spacial score (nSPS) is 14.2. The Morgan fingerprint density at radius 1 is 1.31 bits per heavy atom. The van der Waals surface area contributed by atoms with E-state index in [4.69, 9.17) is 0 Å². The topological polar surface area (TPSA) is 36.1 Å². The predicted octanol–water partition coefficient (Wildman–Crippen LogP) is 0.696. The maximum absolute atomic E-state index is 3.86. The van der Waals surface area contributed by atoms with Crippen molar-refractivity contribution < 1.29 is 0 Å². The molecule has 0 aromatic carbocycles. The first-order valence-corrected chi connectivity index (χ1v) is 4.89. The van der Waals surface area contributed by atoms with Crippen LogP contribution in [0, 0.1) is 0 Å².